The normalized spacial score (nSPS) is 19.1. The van der Waals surface area contributed by atoms with Crippen LogP contribution in [0.25, 0.3) is 0 Å². The lowest BCUT2D eigenvalue weighted by atomic mass is 10.1. The lowest BCUT2D eigenvalue weighted by Crippen LogP contribution is -2.23. The number of rotatable bonds is 2. The van der Waals surface area contributed by atoms with Gasteiger partial charge in [-0.3, -0.25) is 4.79 Å². The van der Waals surface area contributed by atoms with Gasteiger partial charge in [-0.15, -0.1) is 0 Å². The molecule has 5 heteroatoms. The molecular formula is C12H11FN2O2. The Kier molecular flexibility index (Phi) is 2.96. The molecule has 1 aliphatic heterocycles. The zero-order valence-electron chi connectivity index (χ0n) is 9.06. The van der Waals surface area contributed by atoms with Gasteiger partial charge in [-0.25, -0.2) is 4.39 Å². The van der Waals surface area contributed by atoms with Gasteiger partial charge in [0.2, 0.25) is 0 Å². The minimum Gasteiger partial charge on any atom is -0.481 e. The minimum atomic E-state index is -0.846. The van der Waals surface area contributed by atoms with Gasteiger partial charge in [0.1, 0.15) is 5.82 Å². The molecule has 0 bridgehead atoms. The predicted molar refractivity (Wildman–Crippen MR) is 59.1 cm³/mol. The Bertz CT molecular complexity index is 496. The van der Waals surface area contributed by atoms with Gasteiger partial charge in [0.05, 0.1) is 23.2 Å². The molecule has 1 fully saturated rings. The molecule has 1 aliphatic rings. The van der Waals surface area contributed by atoms with E-state index in [2.05, 4.69) is 0 Å². The molecule has 88 valence electrons. The summed E-state index contributed by atoms with van der Waals surface area (Å²) in [4.78, 5) is 12.5. The Balaban J connectivity index is 2.20. The Morgan fingerprint density at radius 3 is 2.88 bits per heavy atom. The summed E-state index contributed by atoms with van der Waals surface area (Å²) < 4.78 is 13.7. The minimum absolute atomic E-state index is 0.264. The quantitative estimate of drug-likeness (QED) is 0.844. The van der Waals surface area contributed by atoms with E-state index >= 15 is 0 Å². The first-order valence-corrected chi connectivity index (χ1v) is 5.29. The molecule has 1 N–H and O–H groups in total. The van der Waals surface area contributed by atoms with Gasteiger partial charge in [0.15, 0.2) is 0 Å². The van der Waals surface area contributed by atoms with Crippen molar-refractivity contribution >= 4 is 11.7 Å². The third-order valence-electron chi connectivity index (χ3n) is 2.95. The highest BCUT2D eigenvalue weighted by Gasteiger charge is 2.29. The standard InChI is InChI=1S/C12H11FN2O2/c13-10-5-8(6-14)1-2-11(10)15-4-3-9(7-15)12(16)17/h1-2,5,9H,3-4,7H2,(H,16,17)/t9-/m0/s1. The lowest BCUT2D eigenvalue weighted by Gasteiger charge is -2.18. The van der Waals surface area contributed by atoms with Crippen LogP contribution in [0.1, 0.15) is 12.0 Å². The maximum atomic E-state index is 13.7. The van der Waals surface area contributed by atoms with Crippen molar-refractivity contribution < 1.29 is 14.3 Å². The maximum Gasteiger partial charge on any atom is 0.308 e. The average Bonchev–Trinajstić information content (AvgIpc) is 2.78. The molecule has 1 atom stereocenters. The number of halogens is 1. The summed E-state index contributed by atoms with van der Waals surface area (Å²) in [7, 11) is 0. The van der Waals surface area contributed by atoms with E-state index in [1.165, 1.54) is 18.2 Å². The fraction of sp³-hybridized carbons (Fsp3) is 0.333. The second kappa shape index (κ2) is 4.42. The van der Waals surface area contributed by atoms with Gasteiger partial charge in [-0.1, -0.05) is 0 Å². The van der Waals surface area contributed by atoms with E-state index in [0.717, 1.165) is 0 Å². The highest BCUT2D eigenvalue weighted by atomic mass is 19.1. The van der Waals surface area contributed by atoms with Crippen LogP contribution in [0.3, 0.4) is 0 Å². The number of carbonyl (C=O) groups is 1. The molecule has 1 saturated heterocycles. The molecular weight excluding hydrogens is 223 g/mol. The summed E-state index contributed by atoms with van der Waals surface area (Å²) in [5, 5.41) is 17.5. The molecule has 4 nitrogen and oxygen atoms in total. The summed E-state index contributed by atoms with van der Waals surface area (Å²) in [6.07, 6.45) is 0.523. The highest BCUT2D eigenvalue weighted by Crippen LogP contribution is 2.26. The van der Waals surface area contributed by atoms with Crippen molar-refractivity contribution in [2.24, 2.45) is 5.92 Å². The van der Waals surface area contributed by atoms with Crippen molar-refractivity contribution in [1.29, 1.82) is 5.26 Å². The molecule has 0 saturated carbocycles. The van der Waals surface area contributed by atoms with Crippen LogP contribution in [0.4, 0.5) is 10.1 Å². The maximum absolute atomic E-state index is 13.7. The van der Waals surface area contributed by atoms with E-state index < -0.39 is 17.7 Å². The Labute approximate surface area is 97.9 Å². The van der Waals surface area contributed by atoms with E-state index in [1.54, 1.807) is 4.90 Å². The zero-order chi connectivity index (χ0) is 12.4. The molecule has 1 aromatic rings. The van der Waals surface area contributed by atoms with E-state index in [1.807, 2.05) is 6.07 Å². The zero-order valence-corrected chi connectivity index (χ0v) is 9.06. The molecule has 1 heterocycles. The number of anilines is 1. The van der Waals surface area contributed by atoms with Crippen molar-refractivity contribution in [2.45, 2.75) is 6.42 Å². The molecule has 0 aliphatic carbocycles. The monoisotopic (exact) mass is 234 g/mol. The fourth-order valence-corrected chi connectivity index (χ4v) is 2.01. The summed E-state index contributed by atoms with van der Waals surface area (Å²) in [5.74, 6) is -1.76. The Morgan fingerprint density at radius 2 is 2.35 bits per heavy atom. The lowest BCUT2D eigenvalue weighted by molar-refractivity contribution is -0.140. The van der Waals surface area contributed by atoms with Gasteiger partial charge in [-0.05, 0) is 24.6 Å². The van der Waals surface area contributed by atoms with Crippen molar-refractivity contribution in [3.05, 3.63) is 29.6 Å². The molecule has 1 aromatic carbocycles. The van der Waals surface area contributed by atoms with Crippen molar-refractivity contribution in [2.75, 3.05) is 18.0 Å². The number of nitrogens with zero attached hydrogens (tertiary/aromatic N) is 2. The Morgan fingerprint density at radius 1 is 1.59 bits per heavy atom. The number of aliphatic carboxylic acids is 1. The number of carboxylic acids is 1. The van der Waals surface area contributed by atoms with Crippen molar-refractivity contribution in [3.63, 3.8) is 0 Å². The van der Waals surface area contributed by atoms with Crippen LogP contribution in [-0.2, 0) is 4.79 Å². The molecule has 0 unspecified atom stereocenters. The van der Waals surface area contributed by atoms with Crippen LogP contribution in [0.5, 0.6) is 0 Å². The topological polar surface area (TPSA) is 64.3 Å². The highest BCUT2D eigenvalue weighted by molar-refractivity contribution is 5.72. The molecule has 0 amide bonds. The SMILES string of the molecule is N#Cc1ccc(N2CC[C@H](C(=O)O)C2)c(F)c1. The van der Waals surface area contributed by atoms with Crippen LogP contribution >= 0.6 is 0 Å². The van der Waals surface area contributed by atoms with Crippen LogP contribution in [0, 0.1) is 23.1 Å². The number of benzene rings is 1. The smallest absolute Gasteiger partial charge is 0.308 e. The van der Waals surface area contributed by atoms with Gasteiger partial charge in [-0.2, -0.15) is 5.26 Å². The summed E-state index contributed by atoms with van der Waals surface area (Å²) >= 11 is 0. The first kappa shape index (κ1) is 11.4. The number of carboxylic acid groups (broad SMARTS) is 1. The summed E-state index contributed by atoms with van der Waals surface area (Å²) in [5.41, 5.74) is 0.632. The van der Waals surface area contributed by atoms with Crippen LogP contribution in [0.15, 0.2) is 18.2 Å². The van der Waals surface area contributed by atoms with E-state index in [4.69, 9.17) is 10.4 Å². The third kappa shape index (κ3) is 2.21. The van der Waals surface area contributed by atoms with Crippen molar-refractivity contribution in [3.8, 4) is 6.07 Å². The molecule has 0 radical (unpaired) electrons. The summed E-state index contributed by atoms with van der Waals surface area (Å²) in [6, 6.07) is 6.09. The van der Waals surface area contributed by atoms with E-state index in [0.29, 0.717) is 25.2 Å². The number of hydrogen-bond acceptors (Lipinski definition) is 3. The molecule has 0 aromatic heterocycles. The predicted octanol–water partition coefficient (Wildman–Crippen LogP) is 1.61. The average molecular weight is 234 g/mol. The second-order valence-electron chi connectivity index (χ2n) is 4.05. The first-order valence-electron chi connectivity index (χ1n) is 5.29. The van der Waals surface area contributed by atoms with E-state index in [-0.39, 0.29) is 5.56 Å². The van der Waals surface area contributed by atoms with Crippen molar-refractivity contribution in [1.82, 2.24) is 0 Å². The van der Waals surface area contributed by atoms with Crippen LogP contribution in [-0.4, -0.2) is 24.2 Å². The molecule has 17 heavy (non-hydrogen) atoms. The van der Waals surface area contributed by atoms with Gasteiger partial charge < -0.3 is 10.0 Å². The van der Waals surface area contributed by atoms with Gasteiger partial charge >= 0.3 is 5.97 Å². The number of hydrogen-bond donors (Lipinski definition) is 1. The van der Waals surface area contributed by atoms with Crippen LogP contribution in [0.2, 0.25) is 0 Å². The van der Waals surface area contributed by atoms with E-state index in [9.17, 15) is 9.18 Å². The van der Waals surface area contributed by atoms with Gasteiger partial charge in [0.25, 0.3) is 0 Å². The Hall–Kier alpha value is -2.09. The molecule has 0 spiro atoms. The second-order valence-corrected chi connectivity index (χ2v) is 4.05. The summed E-state index contributed by atoms with van der Waals surface area (Å²) in [6.45, 7) is 0.845. The van der Waals surface area contributed by atoms with Gasteiger partial charge in [0, 0.05) is 13.1 Å². The number of nitriles is 1. The largest absolute Gasteiger partial charge is 0.481 e. The van der Waals surface area contributed by atoms with Crippen LogP contribution < -0.4 is 4.90 Å². The fourth-order valence-electron chi connectivity index (χ4n) is 2.01. The first-order chi connectivity index (χ1) is 8.11. The molecule has 2 rings (SSSR count). The third-order valence-corrected chi connectivity index (χ3v) is 2.95.